The molecule has 150 valence electrons. The number of aryl methyl sites for hydroxylation is 1. The average Bonchev–Trinajstić information content (AvgIpc) is 3.23. The summed E-state index contributed by atoms with van der Waals surface area (Å²) in [4.78, 5) is 28.4. The molecule has 6 nitrogen and oxygen atoms in total. The summed E-state index contributed by atoms with van der Waals surface area (Å²) in [6.07, 6.45) is 3.41. The van der Waals surface area contributed by atoms with Crippen LogP contribution < -0.4 is 10.2 Å². The Bertz CT molecular complexity index is 1230. The van der Waals surface area contributed by atoms with Crippen LogP contribution in [0.15, 0.2) is 61.3 Å². The van der Waals surface area contributed by atoms with Crippen molar-refractivity contribution in [2.45, 2.75) is 18.8 Å². The number of nitrogens with one attached hydrogen (secondary N) is 1. The van der Waals surface area contributed by atoms with Crippen molar-refractivity contribution >= 4 is 34.9 Å². The number of anilines is 2. The third-order valence-electron chi connectivity index (χ3n) is 5.85. The van der Waals surface area contributed by atoms with E-state index in [9.17, 15) is 9.59 Å². The van der Waals surface area contributed by atoms with Gasteiger partial charge in [-0.25, -0.2) is 4.68 Å². The molecular weight excluding hydrogens is 400 g/mol. The van der Waals surface area contributed by atoms with Gasteiger partial charge in [0.25, 0.3) is 0 Å². The molecule has 3 aromatic rings. The molecular formula is C23H19ClN4O2. The molecule has 2 aliphatic heterocycles. The molecule has 1 unspecified atom stereocenters. The van der Waals surface area contributed by atoms with Gasteiger partial charge in [0.1, 0.15) is 11.2 Å². The fraction of sp³-hybridized carbons (Fsp3) is 0.174. The molecule has 2 amide bonds. The van der Waals surface area contributed by atoms with Gasteiger partial charge in [0.2, 0.25) is 11.8 Å². The van der Waals surface area contributed by atoms with Gasteiger partial charge in [-0.1, -0.05) is 41.9 Å². The number of rotatable bonds is 3. The van der Waals surface area contributed by atoms with E-state index in [2.05, 4.69) is 17.0 Å². The van der Waals surface area contributed by atoms with Crippen LogP contribution in [0.2, 0.25) is 5.02 Å². The third-order valence-corrected chi connectivity index (χ3v) is 6.09. The van der Waals surface area contributed by atoms with Crippen LogP contribution in [-0.2, 0) is 15.0 Å². The summed E-state index contributed by atoms with van der Waals surface area (Å²) in [5.41, 5.74) is 2.94. The fourth-order valence-corrected chi connectivity index (χ4v) is 4.82. The van der Waals surface area contributed by atoms with Crippen LogP contribution in [-0.4, -0.2) is 28.1 Å². The van der Waals surface area contributed by atoms with E-state index < -0.39 is 5.41 Å². The van der Waals surface area contributed by atoms with Crippen LogP contribution in [0.5, 0.6) is 0 Å². The Morgan fingerprint density at radius 3 is 2.80 bits per heavy atom. The zero-order valence-electron chi connectivity index (χ0n) is 16.4. The van der Waals surface area contributed by atoms with E-state index in [1.165, 1.54) is 0 Å². The van der Waals surface area contributed by atoms with E-state index in [0.29, 0.717) is 28.6 Å². The molecule has 7 heteroatoms. The normalized spacial score (nSPS) is 19.6. The van der Waals surface area contributed by atoms with Crippen molar-refractivity contribution < 1.29 is 9.59 Å². The smallest absolute Gasteiger partial charge is 0.243 e. The second-order valence-corrected chi connectivity index (χ2v) is 8.04. The number of nitrogens with zero attached hydrogens (tertiary/aromatic N) is 3. The van der Waals surface area contributed by atoms with Crippen molar-refractivity contribution in [3.05, 3.63) is 83.0 Å². The van der Waals surface area contributed by atoms with Gasteiger partial charge in [0.05, 0.1) is 17.6 Å². The molecule has 0 saturated heterocycles. The molecule has 1 N–H and O–H groups in total. The highest BCUT2D eigenvalue weighted by molar-refractivity contribution is 6.30. The molecule has 1 spiro atoms. The summed E-state index contributed by atoms with van der Waals surface area (Å²) in [7, 11) is 0. The molecule has 5 rings (SSSR count). The van der Waals surface area contributed by atoms with Gasteiger partial charge < -0.3 is 10.2 Å². The first kappa shape index (κ1) is 18.6. The molecule has 0 aliphatic carbocycles. The number of benzene rings is 2. The van der Waals surface area contributed by atoms with Gasteiger partial charge in [-0.05, 0) is 36.2 Å². The van der Waals surface area contributed by atoms with Crippen LogP contribution in [0.25, 0.3) is 5.69 Å². The lowest BCUT2D eigenvalue weighted by Gasteiger charge is -2.32. The SMILES string of the molecule is C=CCN1C(=O)C2(CC(=O)Nc3c2cnn3-c2cccc(Cl)c2)c2cccc(C)c21. The number of hydrogen-bond acceptors (Lipinski definition) is 3. The maximum absolute atomic E-state index is 13.8. The number of halogens is 1. The number of carbonyl (C=O) groups excluding carboxylic acids is 2. The minimum absolute atomic E-state index is 0.0319. The summed E-state index contributed by atoms with van der Waals surface area (Å²) >= 11 is 6.16. The Morgan fingerprint density at radius 1 is 1.23 bits per heavy atom. The Labute approximate surface area is 178 Å². The van der Waals surface area contributed by atoms with Gasteiger partial charge in [0.15, 0.2) is 0 Å². The number of amides is 2. The van der Waals surface area contributed by atoms with Gasteiger partial charge in [-0.2, -0.15) is 5.10 Å². The van der Waals surface area contributed by atoms with Crippen molar-refractivity contribution in [3.63, 3.8) is 0 Å². The van der Waals surface area contributed by atoms with Crippen molar-refractivity contribution in [1.82, 2.24) is 9.78 Å². The topological polar surface area (TPSA) is 67.2 Å². The number of fused-ring (bicyclic) bond motifs is 4. The monoisotopic (exact) mass is 418 g/mol. The first-order valence-electron chi connectivity index (χ1n) is 9.64. The van der Waals surface area contributed by atoms with Crippen molar-refractivity contribution in [2.24, 2.45) is 0 Å². The molecule has 1 atom stereocenters. The number of aromatic nitrogens is 2. The summed E-state index contributed by atoms with van der Waals surface area (Å²) in [6.45, 7) is 6.15. The predicted molar refractivity (Wildman–Crippen MR) is 116 cm³/mol. The van der Waals surface area contributed by atoms with E-state index >= 15 is 0 Å². The van der Waals surface area contributed by atoms with Crippen molar-refractivity contribution in [1.29, 1.82) is 0 Å². The molecule has 2 aliphatic rings. The number of para-hydroxylation sites is 1. The Kier molecular flexibility index (Phi) is 4.08. The zero-order chi connectivity index (χ0) is 21.0. The Hall–Kier alpha value is -3.38. The van der Waals surface area contributed by atoms with Crippen LogP contribution in [0.3, 0.4) is 0 Å². The third kappa shape index (κ3) is 2.40. The van der Waals surface area contributed by atoms with Gasteiger partial charge in [-0.15, -0.1) is 6.58 Å². The summed E-state index contributed by atoms with van der Waals surface area (Å²) in [5.74, 6) is 0.135. The highest BCUT2D eigenvalue weighted by Gasteiger charge is 2.57. The lowest BCUT2D eigenvalue weighted by molar-refractivity contribution is -0.126. The molecule has 1 aromatic heterocycles. The zero-order valence-corrected chi connectivity index (χ0v) is 17.1. The maximum Gasteiger partial charge on any atom is 0.243 e. The molecule has 0 saturated carbocycles. The van der Waals surface area contributed by atoms with Gasteiger partial charge in [0, 0.05) is 23.6 Å². The number of carbonyl (C=O) groups is 2. The highest BCUT2D eigenvalue weighted by atomic mass is 35.5. The van der Waals surface area contributed by atoms with E-state index in [0.717, 1.165) is 16.8 Å². The molecule has 30 heavy (non-hydrogen) atoms. The lowest BCUT2D eigenvalue weighted by Crippen LogP contribution is -2.46. The molecule has 2 aromatic carbocycles. The summed E-state index contributed by atoms with van der Waals surface area (Å²) < 4.78 is 1.62. The minimum Gasteiger partial charge on any atom is -0.310 e. The Morgan fingerprint density at radius 2 is 2.03 bits per heavy atom. The molecule has 3 heterocycles. The minimum atomic E-state index is -1.11. The maximum atomic E-state index is 13.8. The van der Waals surface area contributed by atoms with E-state index in [1.807, 2.05) is 37.3 Å². The summed E-state index contributed by atoms with van der Waals surface area (Å²) in [6, 6.07) is 13.0. The van der Waals surface area contributed by atoms with Crippen LogP contribution in [0.4, 0.5) is 11.5 Å². The van der Waals surface area contributed by atoms with Crippen LogP contribution in [0.1, 0.15) is 23.1 Å². The van der Waals surface area contributed by atoms with E-state index in [4.69, 9.17) is 11.6 Å². The van der Waals surface area contributed by atoms with Gasteiger partial charge >= 0.3 is 0 Å². The standard InChI is InChI=1S/C23H19ClN4O2/c1-3-10-27-20-14(2)6-4-9-17(20)23(22(27)30)12-19(29)26-21-18(23)13-25-28(21)16-8-5-7-15(24)11-16/h3-9,11,13H,1,10,12H2,2H3,(H,26,29). The lowest BCUT2D eigenvalue weighted by atomic mass is 9.71. The van der Waals surface area contributed by atoms with E-state index in [-0.39, 0.29) is 18.2 Å². The molecule has 0 radical (unpaired) electrons. The van der Waals surface area contributed by atoms with Crippen LogP contribution >= 0.6 is 11.6 Å². The first-order valence-corrected chi connectivity index (χ1v) is 10.0. The second kappa shape index (κ2) is 6.57. The highest BCUT2D eigenvalue weighted by Crippen LogP contribution is 2.53. The average molecular weight is 419 g/mol. The molecule has 0 fully saturated rings. The quantitative estimate of drug-likeness (QED) is 0.654. The van der Waals surface area contributed by atoms with Crippen LogP contribution in [0, 0.1) is 6.92 Å². The second-order valence-electron chi connectivity index (χ2n) is 7.60. The van der Waals surface area contributed by atoms with Gasteiger partial charge in [-0.3, -0.25) is 9.59 Å². The first-order chi connectivity index (χ1) is 14.5. The largest absolute Gasteiger partial charge is 0.310 e. The predicted octanol–water partition coefficient (Wildman–Crippen LogP) is 4.00. The van der Waals surface area contributed by atoms with Crippen molar-refractivity contribution in [3.8, 4) is 5.69 Å². The molecule has 0 bridgehead atoms. The number of hydrogen-bond donors (Lipinski definition) is 1. The fourth-order valence-electron chi connectivity index (χ4n) is 4.64. The summed E-state index contributed by atoms with van der Waals surface area (Å²) in [5, 5.41) is 7.99. The van der Waals surface area contributed by atoms with Crippen molar-refractivity contribution in [2.75, 3.05) is 16.8 Å². The van der Waals surface area contributed by atoms with E-state index in [1.54, 1.807) is 34.0 Å². The Balaban J connectivity index is 1.78.